The number of carbonyl (C=O) groups excluding carboxylic acids is 2. The molecule has 0 saturated heterocycles. The zero-order valence-corrected chi connectivity index (χ0v) is 24.9. The maximum atomic E-state index is 11.9. The minimum absolute atomic E-state index is 0.0347. The molecule has 5 rings (SSSR count). The summed E-state index contributed by atoms with van der Waals surface area (Å²) in [7, 11) is 3.10. The van der Waals surface area contributed by atoms with Crippen molar-refractivity contribution >= 4 is 34.7 Å². The number of thiazole rings is 1. The SMILES string of the molecule is COC(=O)C1CCC(Oc2cc(-c3nc(C(C)C)cs3)nc3c(C)c(OC)ccc23)C1.O=COCc1ccccc1. The average molecular weight is 577 g/mol. The Morgan fingerprint density at radius 3 is 2.51 bits per heavy atom. The Balaban J connectivity index is 0.000000328. The van der Waals surface area contributed by atoms with Gasteiger partial charge >= 0.3 is 5.97 Å². The fourth-order valence-electron chi connectivity index (χ4n) is 4.79. The largest absolute Gasteiger partial charge is 0.496 e. The molecular formula is C32H36N2O6S. The number of fused-ring (bicyclic) bond motifs is 1. The first-order chi connectivity index (χ1) is 19.8. The van der Waals surface area contributed by atoms with Crippen LogP contribution in [0.4, 0.5) is 0 Å². The molecular weight excluding hydrogens is 540 g/mol. The second-order valence-corrected chi connectivity index (χ2v) is 11.1. The highest BCUT2D eigenvalue weighted by molar-refractivity contribution is 7.13. The Morgan fingerprint density at radius 2 is 1.85 bits per heavy atom. The van der Waals surface area contributed by atoms with Crippen LogP contribution >= 0.6 is 11.3 Å². The molecule has 1 saturated carbocycles. The van der Waals surface area contributed by atoms with Crippen molar-refractivity contribution in [1.29, 1.82) is 0 Å². The van der Waals surface area contributed by atoms with E-state index in [9.17, 15) is 9.59 Å². The maximum Gasteiger partial charge on any atom is 0.308 e. The van der Waals surface area contributed by atoms with Gasteiger partial charge in [-0.05, 0) is 49.8 Å². The molecule has 0 spiro atoms. The molecule has 41 heavy (non-hydrogen) atoms. The zero-order valence-electron chi connectivity index (χ0n) is 24.1. The smallest absolute Gasteiger partial charge is 0.308 e. The van der Waals surface area contributed by atoms with E-state index < -0.39 is 0 Å². The fraction of sp³-hybridized carbons (Fsp3) is 0.375. The van der Waals surface area contributed by atoms with Crippen LogP contribution in [0, 0.1) is 12.8 Å². The third-order valence-electron chi connectivity index (χ3n) is 7.07. The molecule has 0 radical (unpaired) electrons. The van der Waals surface area contributed by atoms with Crippen LogP contribution < -0.4 is 9.47 Å². The maximum absolute atomic E-state index is 11.9. The minimum Gasteiger partial charge on any atom is -0.496 e. The van der Waals surface area contributed by atoms with E-state index in [1.54, 1.807) is 18.4 Å². The molecule has 0 bridgehead atoms. The molecule has 0 aliphatic heterocycles. The lowest BCUT2D eigenvalue weighted by Gasteiger charge is -2.18. The standard InChI is InChI=1S/C24H28N2O4S.C8H8O2/c1-13(2)19-12-31-23(26-19)18-11-21(30-16-7-6-15(10-16)24(27)29-5)17-8-9-20(28-4)14(3)22(17)25-18;9-7-10-6-8-4-2-1-3-5-8/h8-9,11-13,15-16H,6-7,10H2,1-5H3;1-5,7H,6H2. The topological polar surface area (TPSA) is 96.8 Å². The molecule has 4 aromatic rings. The van der Waals surface area contributed by atoms with Gasteiger partial charge in [0, 0.05) is 22.4 Å². The van der Waals surface area contributed by atoms with Crippen molar-refractivity contribution < 1.29 is 28.5 Å². The summed E-state index contributed by atoms with van der Waals surface area (Å²) in [4.78, 5) is 31.4. The summed E-state index contributed by atoms with van der Waals surface area (Å²) in [6, 6.07) is 15.5. The van der Waals surface area contributed by atoms with Crippen LogP contribution in [0.25, 0.3) is 21.6 Å². The van der Waals surface area contributed by atoms with E-state index in [-0.39, 0.29) is 18.0 Å². The Kier molecular flexibility index (Phi) is 10.3. The van der Waals surface area contributed by atoms with Gasteiger partial charge in [-0.25, -0.2) is 9.97 Å². The van der Waals surface area contributed by atoms with Crippen LogP contribution in [-0.4, -0.2) is 42.7 Å². The van der Waals surface area contributed by atoms with Gasteiger partial charge in [-0.3, -0.25) is 9.59 Å². The van der Waals surface area contributed by atoms with Crippen LogP contribution in [0.1, 0.15) is 55.8 Å². The molecule has 1 aliphatic carbocycles. The molecule has 2 aromatic carbocycles. The minimum atomic E-state index is -0.157. The number of methoxy groups -OCH3 is 2. The van der Waals surface area contributed by atoms with E-state index in [0.29, 0.717) is 25.4 Å². The van der Waals surface area contributed by atoms with Crippen LogP contribution in [0.15, 0.2) is 53.9 Å². The quantitative estimate of drug-likeness (QED) is 0.157. The summed E-state index contributed by atoms with van der Waals surface area (Å²) in [6.07, 6.45) is 2.23. The number of hydrogen-bond acceptors (Lipinski definition) is 9. The number of aryl methyl sites for hydroxylation is 1. The second-order valence-electron chi connectivity index (χ2n) is 10.2. The average Bonchev–Trinajstić information content (AvgIpc) is 3.68. The number of aromatic nitrogens is 2. The Labute approximate surface area is 244 Å². The van der Waals surface area contributed by atoms with Crippen LogP contribution in [-0.2, 0) is 25.7 Å². The number of hydrogen-bond donors (Lipinski definition) is 0. The first kappa shape index (κ1) is 30.0. The molecule has 2 atom stereocenters. The Morgan fingerprint density at radius 1 is 1.07 bits per heavy atom. The first-order valence-corrected chi connectivity index (χ1v) is 14.5. The van der Waals surface area contributed by atoms with Crippen molar-refractivity contribution in [3.05, 3.63) is 70.7 Å². The van der Waals surface area contributed by atoms with E-state index in [4.69, 9.17) is 24.2 Å². The van der Waals surface area contributed by atoms with E-state index in [1.165, 1.54) is 7.11 Å². The van der Waals surface area contributed by atoms with Crippen molar-refractivity contribution in [3.63, 3.8) is 0 Å². The van der Waals surface area contributed by atoms with Crippen molar-refractivity contribution in [2.24, 2.45) is 5.92 Å². The molecule has 2 unspecified atom stereocenters. The van der Waals surface area contributed by atoms with Crippen LogP contribution in [0.2, 0.25) is 0 Å². The van der Waals surface area contributed by atoms with E-state index in [2.05, 4.69) is 24.0 Å². The molecule has 2 heterocycles. The predicted molar refractivity (Wildman–Crippen MR) is 159 cm³/mol. The third-order valence-corrected chi connectivity index (χ3v) is 7.96. The molecule has 0 N–H and O–H groups in total. The summed E-state index contributed by atoms with van der Waals surface area (Å²) in [5, 5.41) is 3.89. The number of esters is 1. The lowest BCUT2D eigenvalue weighted by atomic mass is 10.1. The van der Waals surface area contributed by atoms with Gasteiger partial charge in [0.15, 0.2) is 0 Å². The van der Waals surface area contributed by atoms with Gasteiger partial charge in [-0.15, -0.1) is 11.3 Å². The highest BCUT2D eigenvalue weighted by Gasteiger charge is 2.32. The number of benzene rings is 2. The van der Waals surface area contributed by atoms with Crippen LogP contribution in [0.3, 0.4) is 0 Å². The Bertz CT molecular complexity index is 1470. The lowest BCUT2D eigenvalue weighted by Crippen LogP contribution is -2.17. The second kappa shape index (κ2) is 14.1. The highest BCUT2D eigenvalue weighted by atomic mass is 32.1. The van der Waals surface area contributed by atoms with Gasteiger partial charge in [-0.2, -0.15) is 0 Å². The molecule has 1 aliphatic rings. The number of nitrogens with zero attached hydrogens (tertiary/aromatic N) is 2. The number of pyridine rings is 1. The van der Waals surface area contributed by atoms with E-state index in [0.717, 1.165) is 62.8 Å². The molecule has 1 fully saturated rings. The van der Waals surface area contributed by atoms with Gasteiger partial charge in [0.25, 0.3) is 6.47 Å². The van der Waals surface area contributed by atoms with Gasteiger partial charge in [0.2, 0.25) is 0 Å². The monoisotopic (exact) mass is 576 g/mol. The van der Waals surface area contributed by atoms with Crippen molar-refractivity contribution in [2.75, 3.05) is 14.2 Å². The van der Waals surface area contributed by atoms with E-state index >= 15 is 0 Å². The van der Waals surface area contributed by atoms with Crippen LogP contribution in [0.5, 0.6) is 11.5 Å². The van der Waals surface area contributed by atoms with Gasteiger partial charge in [0.05, 0.1) is 37.5 Å². The predicted octanol–water partition coefficient (Wildman–Crippen LogP) is 6.88. The van der Waals surface area contributed by atoms with E-state index in [1.807, 2.05) is 55.5 Å². The van der Waals surface area contributed by atoms with Gasteiger partial charge < -0.3 is 18.9 Å². The highest BCUT2D eigenvalue weighted by Crippen LogP contribution is 2.38. The van der Waals surface area contributed by atoms with Crippen molar-refractivity contribution in [3.8, 4) is 22.2 Å². The summed E-state index contributed by atoms with van der Waals surface area (Å²) >= 11 is 1.59. The summed E-state index contributed by atoms with van der Waals surface area (Å²) in [5.74, 6) is 1.66. The number of ether oxygens (including phenoxy) is 4. The molecule has 216 valence electrons. The molecule has 0 amide bonds. The van der Waals surface area contributed by atoms with Gasteiger partial charge in [0.1, 0.15) is 28.8 Å². The fourth-order valence-corrected chi connectivity index (χ4v) is 5.73. The summed E-state index contributed by atoms with van der Waals surface area (Å²) in [5.41, 5.74) is 4.66. The van der Waals surface area contributed by atoms with Crippen molar-refractivity contribution in [2.45, 2.75) is 58.7 Å². The van der Waals surface area contributed by atoms with Crippen molar-refractivity contribution in [1.82, 2.24) is 9.97 Å². The lowest BCUT2D eigenvalue weighted by molar-refractivity contribution is -0.145. The summed E-state index contributed by atoms with van der Waals surface area (Å²) in [6.45, 7) is 7.09. The Hall–Kier alpha value is -3.98. The first-order valence-electron chi connectivity index (χ1n) is 13.6. The molecule has 8 nitrogen and oxygen atoms in total. The normalized spacial score (nSPS) is 16.1. The molecule has 2 aromatic heterocycles. The van der Waals surface area contributed by atoms with Gasteiger partial charge in [-0.1, -0.05) is 44.2 Å². The number of carbonyl (C=O) groups is 2. The summed E-state index contributed by atoms with van der Waals surface area (Å²) < 4.78 is 21.4. The zero-order chi connectivity index (χ0) is 29.4. The third kappa shape index (κ3) is 7.41. The number of rotatable bonds is 9. The molecule has 9 heteroatoms.